The molecule has 2 rings (SSSR count). The van der Waals surface area contributed by atoms with Crippen molar-refractivity contribution in [3.63, 3.8) is 0 Å². The van der Waals surface area contributed by atoms with Gasteiger partial charge in [0, 0.05) is 12.1 Å². The monoisotopic (exact) mass is 241 g/mol. The zero-order valence-corrected chi connectivity index (χ0v) is 10.7. The minimum Gasteiger partial charge on any atom is -0.400 e. The summed E-state index contributed by atoms with van der Waals surface area (Å²) in [6, 6.07) is 8.32. The second kappa shape index (κ2) is 6.89. The molecule has 3 heteroatoms. The van der Waals surface area contributed by atoms with Crippen molar-refractivity contribution in [1.29, 1.82) is 0 Å². The van der Waals surface area contributed by atoms with E-state index in [0.717, 1.165) is 18.1 Å². The quantitative estimate of drug-likeness (QED) is 0.817. The predicted molar refractivity (Wildman–Crippen MR) is 69.1 cm³/mol. The lowest BCUT2D eigenvalue weighted by atomic mass is 9.90. The third-order valence-corrected chi connectivity index (χ3v) is 3.31. The highest BCUT2D eigenvalue weighted by atomic mass is 35.5. The second-order valence-electron chi connectivity index (χ2n) is 4.13. The molecule has 2 nitrogen and oxygen atoms in total. The molecule has 1 fully saturated rings. The first-order valence-electron chi connectivity index (χ1n) is 5.64. The Morgan fingerprint density at radius 3 is 2.12 bits per heavy atom. The number of rotatable bonds is 1. The van der Waals surface area contributed by atoms with E-state index >= 15 is 0 Å². The number of hydrogen-bond acceptors (Lipinski definition) is 2. The highest BCUT2D eigenvalue weighted by molar-refractivity contribution is 6.30. The highest BCUT2D eigenvalue weighted by Gasteiger charge is 2.17. The predicted octanol–water partition coefficient (Wildman–Crippen LogP) is 2.76. The number of nitrogens with zero attached hydrogens (tertiary/aromatic N) is 1. The fourth-order valence-electron chi connectivity index (χ4n) is 2.08. The van der Waals surface area contributed by atoms with Gasteiger partial charge in [-0.2, -0.15) is 0 Å². The van der Waals surface area contributed by atoms with Gasteiger partial charge in [0.15, 0.2) is 0 Å². The van der Waals surface area contributed by atoms with Gasteiger partial charge in [0.25, 0.3) is 0 Å². The van der Waals surface area contributed by atoms with E-state index in [2.05, 4.69) is 24.1 Å². The molecule has 0 spiro atoms. The average Bonchev–Trinajstić information content (AvgIpc) is 2.34. The van der Waals surface area contributed by atoms with Gasteiger partial charge in [-0.15, -0.1) is 0 Å². The van der Waals surface area contributed by atoms with E-state index in [1.165, 1.54) is 31.5 Å². The maximum atomic E-state index is 7.00. The average molecular weight is 242 g/mol. The van der Waals surface area contributed by atoms with Crippen molar-refractivity contribution in [3.05, 3.63) is 34.9 Å². The SMILES string of the molecule is CN1CCC(c2ccc(Cl)cc2)CC1.CO. The van der Waals surface area contributed by atoms with E-state index in [0.29, 0.717) is 0 Å². The summed E-state index contributed by atoms with van der Waals surface area (Å²) < 4.78 is 0. The van der Waals surface area contributed by atoms with Crippen LogP contribution in [-0.4, -0.2) is 37.3 Å². The molecule has 1 heterocycles. The molecule has 90 valence electrons. The first kappa shape index (κ1) is 13.5. The van der Waals surface area contributed by atoms with Gasteiger partial charge in [-0.3, -0.25) is 0 Å². The molecule has 0 aliphatic carbocycles. The second-order valence-corrected chi connectivity index (χ2v) is 4.57. The number of aliphatic hydroxyl groups excluding tert-OH is 1. The molecule has 0 bridgehead atoms. The van der Waals surface area contributed by atoms with E-state index < -0.39 is 0 Å². The third-order valence-electron chi connectivity index (χ3n) is 3.06. The largest absolute Gasteiger partial charge is 0.400 e. The van der Waals surface area contributed by atoms with E-state index in [1.807, 2.05) is 12.1 Å². The zero-order chi connectivity index (χ0) is 12.0. The van der Waals surface area contributed by atoms with Gasteiger partial charge in [-0.05, 0) is 56.6 Å². The Morgan fingerprint density at radius 1 is 1.12 bits per heavy atom. The van der Waals surface area contributed by atoms with Crippen LogP contribution in [0.4, 0.5) is 0 Å². The molecule has 0 unspecified atom stereocenters. The van der Waals surface area contributed by atoms with E-state index in [1.54, 1.807) is 0 Å². The fraction of sp³-hybridized carbons (Fsp3) is 0.538. The molecule has 1 aromatic carbocycles. The molecule has 1 saturated heterocycles. The zero-order valence-electron chi connectivity index (χ0n) is 9.99. The molecule has 1 aliphatic heterocycles. The van der Waals surface area contributed by atoms with Crippen LogP contribution >= 0.6 is 11.6 Å². The van der Waals surface area contributed by atoms with Crippen molar-refractivity contribution in [2.45, 2.75) is 18.8 Å². The molecular formula is C13H20ClNO. The molecule has 16 heavy (non-hydrogen) atoms. The van der Waals surface area contributed by atoms with Gasteiger partial charge in [-0.25, -0.2) is 0 Å². The molecule has 0 aromatic heterocycles. The summed E-state index contributed by atoms with van der Waals surface area (Å²) in [5.41, 5.74) is 1.45. The van der Waals surface area contributed by atoms with E-state index in [4.69, 9.17) is 16.7 Å². The van der Waals surface area contributed by atoms with Crippen LogP contribution in [0.1, 0.15) is 24.3 Å². The first-order chi connectivity index (χ1) is 7.75. The number of benzene rings is 1. The number of hydrogen-bond donors (Lipinski definition) is 1. The van der Waals surface area contributed by atoms with Crippen LogP contribution in [0.25, 0.3) is 0 Å². The van der Waals surface area contributed by atoms with Crippen LogP contribution in [0.15, 0.2) is 24.3 Å². The molecule has 1 aliphatic rings. The van der Waals surface area contributed by atoms with Gasteiger partial charge in [-0.1, -0.05) is 23.7 Å². The summed E-state index contributed by atoms with van der Waals surface area (Å²) in [6.45, 7) is 2.43. The number of aliphatic hydroxyl groups is 1. The van der Waals surface area contributed by atoms with Crippen LogP contribution in [0.2, 0.25) is 5.02 Å². The Hall–Kier alpha value is -0.570. The smallest absolute Gasteiger partial charge is 0.0406 e. The van der Waals surface area contributed by atoms with Gasteiger partial charge in [0.05, 0.1) is 0 Å². The van der Waals surface area contributed by atoms with Crippen molar-refractivity contribution >= 4 is 11.6 Å². The van der Waals surface area contributed by atoms with Crippen LogP contribution in [0.5, 0.6) is 0 Å². The lowest BCUT2D eigenvalue weighted by Crippen LogP contribution is -2.29. The number of piperidine rings is 1. The molecule has 0 saturated carbocycles. The molecular weight excluding hydrogens is 222 g/mol. The fourth-order valence-corrected chi connectivity index (χ4v) is 2.20. The van der Waals surface area contributed by atoms with Gasteiger partial charge >= 0.3 is 0 Å². The maximum absolute atomic E-state index is 7.00. The van der Waals surface area contributed by atoms with Crippen molar-refractivity contribution in [2.24, 2.45) is 0 Å². The van der Waals surface area contributed by atoms with Gasteiger partial charge < -0.3 is 10.0 Å². The van der Waals surface area contributed by atoms with Gasteiger partial charge in [0.2, 0.25) is 0 Å². The summed E-state index contributed by atoms with van der Waals surface area (Å²) in [6.07, 6.45) is 2.55. The van der Waals surface area contributed by atoms with E-state index in [-0.39, 0.29) is 0 Å². The molecule has 0 radical (unpaired) electrons. The van der Waals surface area contributed by atoms with Crippen molar-refractivity contribution in [1.82, 2.24) is 4.90 Å². The maximum Gasteiger partial charge on any atom is 0.0406 e. The Balaban J connectivity index is 0.000000606. The lowest BCUT2D eigenvalue weighted by molar-refractivity contribution is 0.255. The molecule has 1 aromatic rings. The number of likely N-dealkylation sites (tertiary alicyclic amines) is 1. The third kappa shape index (κ3) is 3.78. The van der Waals surface area contributed by atoms with Crippen LogP contribution in [-0.2, 0) is 0 Å². The molecule has 0 atom stereocenters. The standard InChI is InChI=1S/C12H16ClN.CH4O/c1-14-8-6-11(7-9-14)10-2-4-12(13)5-3-10;1-2/h2-5,11H,6-9H2,1H3;2H,1H3. The first-order valence-corrected chi connectivity index (χ1v) is 6.02. The van der Waals surface area contributed by atoms with Crippen LogP contribution in [0.3, 0.4) is 0 Å². The van der Waals surface area contributed by atoms with Crippen LogP contribution < -0.4 is 0 Å². The Labute approximate surface area is 103 Å². The number of halogens is 1. The Bertz CT molecular complexity index is 291. The summed E-state index contributed by atoms with van der Waals surface area (Å²) in [5, 5.41) is 7.83. The Morgan fingerprint density at radius 2 is 1.62 bits per heavy atom. The summed E-state index contributed by atoms with van der Waals surface area (Å²) in [4.78, 5) is 2.40. The summed E-state index contributed by atoms with van der Waals surface area (Å²) >= 11 is 5.87. The topological polar surface area (TPSA) is 23.5 Å². The van der Waals surface area contributed by atoms with Crippen molar-refractivity contribution in [2.75, 3.05) is 27.2 Å². The normalized spacial score (nSPS) is 17.8. The lowest BCUT2D eigenvalue weighted by Gasteiger charge is -2.29. The summed E-state index contributed by atoms with van der Waals surface area (Å²) in [5.74, 6) is 0.739. The minimum absolute atomic E-state index is 0.739. The minimum atomic E-state index is 0.739. The van der Waals surface area contributed by atoms with Crippen molar-refractivity contribution < 1.29 is 5.11 Å². The van der Waals surface area contributed by atoms with Crippen molar-refractivity contribution in [3.8, 4) is 0 Å². The highest BCUT2D eigenvalue weighted by Crippen LogP contribution is 2.27. The summed E-state index contributed by atoms with van der Waals surface area (Å²) in [7, 11) is 3.19. The van der Waals surface area contributed by atoms with Crippen LogP contribution in [0, 0.1) is 0 Å². The van der Waals surface area contributed by atoms with Gasteiger partial charge in [0.1, 0.15) is 0 Å². The molecule has 1 N–H and O–H groups in total. The Kier molecular flexibility index (Phi) is 5.81. The molecule has 0 amide bonds. The van der Waals surface area contributed by atoms with E-state index in [9.17, 15) is 0 Å².